The van der Waals surface area contributed by atoms with Crippen molar-refractivity contribution in [1.82, 2.24) is 14.8 Å². The van der Waals surface area contributed by atoms with Crippen LogP contribution >= 0.6 is 11.3 Å². The molecule has 20 heavy (non-hydrogen) atoms. The fourth-order valence-corrected chi connectivity index (χ4v) is 2.68. The van der Waals surface area contributed by atoms with Crippen LogP contribution in [0, 0.1) is 10.1 Å². The highest BCUT2D eigenvalue weighted by Gasteiger charge is 2.17. The van der Waals surface area contributed by atoms with E-state index in [1.54, 1.807) is 12.3 Å². The third-order valence-corrected chi connectivity index (χ3v) is 3.66. The average Bonchev–Trinajstić information content (AvgIpc) is 3.02. The molecule has 0 fully saturated rings. The van der Waals surface area contributed by atoms with Crippen molar-refractivity contribution < 1.29 is 9.72 Å². The second-order valence-corrected chi connectivity index (χ2v) is 4.94. The Balaban J connectivity index is 2.20. The van der Waals surface area contributed by atoms with E-state index in [0.29, 0.717) is 27.5 Å². The molecule has 3 rings (SSSR count). The molecule has 2 N–H and O–H groups in total. The zero-order chi connectivity index (χ0) is 14.3. The molecule has 0 amide bonds. The number of nitro benzene ring substituents is 1. The van der Waals surface area contributed by atoms with E-state index in [1.807, 2.05) is 0 Å². The Labute approximate surface area is 115 Å². The lowest BCUT2D eigenvalue weighted by atomic mass is 10.2. The molecule has 0 saturated carbocycles. The third kappa shape index (κ3) is 1.89. The van der Waals surface area contributed by atoms with Crippen LogP contribution in [0.1, 0.15) is 10.4 Å². The third-order valence-electron chi connectivity index (χ3n) is 2.65. The van der Waals surface area contributed by atoms with E-state index in [-0.39, 0.29) is 11.3 Å². The molecule has 0 spiro atoms. The lowest BCUT2D eigenvalue weighted by Crippen LogP contribution is -1.95. The molecule has 0 saturated heterocycles. The Morgan fingerprint density at radius 2 is 2.25 bits per heavy atom. The second-order valence-electron chi connectivity index (χ2n) is 3.94. The number of nitro groups is 1. The van der Waals surface area contributed by atoms with Crippen LogP contribution in [0.5, 0.6) is 0 Å². The fraction of sp³-hybridized carbons (Fsp3) is 0. The normalized spacial score (nSPS) is 10.8. The Morgan fingerprint density at radius 3 is 2.85 bits per heavy atom. The number of rotatable bonds is 3. The summed E-state index contributed by atoms with van der Waals surface area (Å²) in [6.07, 6.45) is 2.09. The predicted molar refractivity (Wildman–Crippen MR) is 73.2 cm³/mol. The number of nitrogens with two attached hydrogens (primary N) is 1. The Kier molecular flexibility index (Phi) is 2.68. The van der Waals surface area contributed by atoms with Gasteiger partial charge in [-0.05, 0) is 6.07 Å². The molecule has 2 heterocycles. The maximum atomic E-state index is 10.9. The van der Waals surface area contributed by atoms with Gasteiger partial charge in [-0.15, -0.1) is 5.10 Å². The van der Waals surface area contributed by atoms with Crippen LogP contribution in [-0.2, 0) is 0 Å². The second kappa shape index (κ2) is 4.38. The predicted octanol–water partition coefficient (Wildman–Crippen LogP) is 1.78. The van der Waals surface area contributed by atoms with Crippen molar-refractivity contribution in [2.75, 3.05) is 5.73 Å². The summed E-state index contributed by atoms with van der Waals surface area (Å²) in [6.45, 7) is 0. The number of carbonyl (C=O) groups is 1. The minimum atomic E-state index is -0.589. The zero-order valence-corrected chi connectivity index (χ0v) is 10.7. The summed E-state index contributed by atoms with van der Waals surface area (Å²) in [5.74, 6) is 0.351. The molecule has 0 radical (unpaired) electrons. The molecule has 0 bridgehead atoms. The highest BCUT2D eigenvalue weighted by Crippen LogP contribution is 2.30. The number of hydrogen-bond donors (Lipinski definition) is 1. The first-order valence-corrected chi connectivity index (χ1v) is 6.26. The number of anilines is 1. The number of fused-ring (bicyclic) bond motifs is 1. The number of thiazole rings is 1. The van der Waals surface area contributed by atoms with Crippen LogP contribution in [0.2, 0.25) is 0 Å². The van der Waals surface area contributed by atoms with E-state index in [4.69, 9.17) is 5.73 Å². The number of nitrogen functional groups attached to an aromatic ring is 1. The Bertz CT molecular complexity index is 838. The van der Waals surface area contributed by atoms with Gasteiger partial charge in [-0.3, -0.25) is 14.9 Å². The first kappa shape index (κ1) is 12.2. The summed E-state index contributed by atoms with van der Waals surface area (Å²) in [5, 5.41) is 15.4. The number of nitrogens with zero attached hydrogens (tertiary/aromatic N) is 4. The van der Waals surface area contributed by atoms with Gasteiger partial charge < -0.3 is 5.73 Å². The minimum absolute atomic E-state index is 0.000621. The molecule has 3 aromatic rings. The van der Waals surface area contributed by atoms with Crippen molar-refractivity contribution in [3.8, 4) is 5.13 Å². The molecule has 2 aromatic heterocycles. The lowest BCUT2D eigenvalue weighted by molar-refractivity contribution is -0.384. The summed E-state index contributed by atoms with van der Waals surface area (Å²) in [5.41, 5.74) is 5.80. The molecule has 0 aliphatic heterocycles. The van der Waals surface area contributed by atoms with E-state index in [1.165, 1.54) is 28.2 Å². The van der Waals surface area contributed by atoms with Gasteiger partial charge >= 0.3 is 0 Å². The maximum Gasteiger partial charge on any atom is 0.281 e. The standard InChI is InChI=1S/C11H7N5O3S/c12-10-1-2-15(14-10)11-13-7-3-6(5-17)8(16(18)19)4-9(7)20-11/h1-5H,(H2,12,14). The quantitative estimate of drug-likeness (QED) is 0.446. The SMILES string of the molecule is Nc1ccn(-c2nc3cc(C=O)c([N+](=O)[O-])cc3s2)n1. The summed E-state index contributed by atoms with van der Waals surface area (Å²) >= 11 is 1.23. The molecule has 9 heteroatoms. The van der Waals surface area contributed by atoms with Crippen molar-refractivity contribution >= 4 is 39.3 Å². The van der Waals surface area contributed by atoms with Gasteiger partial charge in [0.05, 0.1) is 20.7 Å². The Morgan fingerprint density at radius 1 is 1.45 bits per heavy atom. The average molecular weight is 289 g/mol. The maximum absolute atomic E-state index is 10.9. The molecule has 100 valence electrons. The molecule has 0 unspecified atom stereocenters. The number of aromatic nitrogens is 3. The minimum Gasteiger partial charge on any atom is -0.382 e. The molecule has 1 aromatic carbocycles. The number of carbonyl (C=O) groups excluding carboxylic acids is 1. The van der Waals surface area contributed by atoms with Crippen molar-refractivity contribution in [2.24, 2.45) is 0 Å². The van der Waals surface area contributed by atoms with Crippen LogP contribution in [0.15, 0.2) is 24.4 Å². The summed E-state index contributed by atoms with van der Waals surface area (Å²) in [7, 11) is 0. The van der Waals surface area contributed by atoms with E-state index in [2.05, 4.69) is 10.1 Å². The summed E-state index contributed by atoms with van der Waals surface area (Å²) in [4.78, 5) is 25.5. The van der Waals surface area contributed by atoms with Gasteiger partial charge in [0.25, 0.3) is 5.69 Å². The largest absolute Gasteiger partial charge is 0.382 e. The molecule has 8 nitrogen and oxygen atoms in total. The smallest absolute Gasteiger partial charge is 0.281 e. The number of hydrogen-bond acceptors (Lipinski definition) is 7. The number of benzene rings is 1. The van der Waals surface area contributed by atoms with E-state index < -0.39 is 4.92 Å². The van der Waals surface area contributed by atoms with Gasteiger partial charge in [-0.1, -0.05) is 11.3 Å². The highest BCUT2D eigenvalue weighted by molar-refractivity contribution is 7.20. The monoisotopic (exact) mass is 289 g/mol. The zero-order valence-electron chi connectivity index (χ0n) is 9.89. The molecule has 0 aliphatic rings. The van der Waals surface area contributed by atoms with E-state index in [9.17, 15) is 14.9 Å². The van der Waals surface area contributed by atoms with Crippen LogP contribution in [0.4, 0.5) is 11.5 Å². The number of aldehydes is 1. The van der Waals surface area contributed by atoms with Crippen LogP contribution in [0.3, 0.4) is 0 Å². The van der Waals surface area contributed by atoms with E-state index >= 15 is 0 Å². The molecular formula is C11H7N5O3S. The first-order valence-electron chi connectivity index (χ1n) is 5.44. The van der Waals surface area contributed by atoms with Gasteiger partial charge in [0, 0.05) is 18.3 Å². The van der Waals surface area contributed by atoms with Crippen molar-refractivity contribution in [2.45, 2.75) is 0 Å². The lowest BCUT2D eigenvalue weighted by Gasteiger charge is -1.94. The van der Waals surface area contributed by atoms with Crippen LogP contribution in [-0.4, -0.2) is 26.0 Å². The van der Waals surface area contributed by atoms with Gasteiger partial charge in [0.15, 0.2) is 6.29 Å². The molecule has 0 aliphatic carbocycles. The summed E-state index contributed by atoms with van der Waals surface area (Å²) in [6, 6.07) is 4.35. The molecular weight excluding hydrogens is 282 g/mol. The van der Waals surface area contributed by atoms with Gasteiger partial charge in [-0.25, -0.2) is 9.67 Å². The summed E-state index contributed by atoms with van der Waals surface area (Å²) < 4.78 is 2.08. The van der Waals surface area contributed by atoms with Crippen LogP contribution < -0.4 is 5.73 Å². The van der Waals surface area contributed by atoms with Crippen molar-refractivity contribution in [3.63, 3.8) is 0 Å². The Hall–Kier alpha value is -2.81. The fourth-order valence-electron chi connectivity index (χ4n) is 1.76. The van der Waals surface area contributed by atoms with E-state index in [0.717, 1.165) is 0 Å². The van der Waals surface area contributed by atoms with Crippen molar-refractivity contribution in [1.29, 1.82) is 0 Å². The van der Waals surface area contributed by atoms with Crippen molar-refractivity contribution in [3.05, 3.63) is 40.1 Å². The van der Waals surface area contributed by atoms with Gasteiger partial charge in [0.1, 0.15) is 5.82 Å². The van der Waals surface area contributed by atoms with Gasteiger partial charge in [-0.2, -0.15) is 0 Å². The first-order chi connectivity index (χ1) is 9.58. The van der Waals surface area contributed by atoms with Gasteiger partial charge in [0.2, 0.25) is 5.13 Å². The molecule has 0 atom stereocenters. The topological polar surface area (TPSA) is 117 Å². The van der Waals surface area contributed by atoms with Crippen LogP contribution in [0.25, 0.3) is 15.3 Å². The highest BCUT2D eigenvalue weighted by atomic mass is 32.1.